The van der Waals surface area contributed by atoms with Crippen LogP contribution in [-0.4, -0.2) is 21.4 Å². The average Bonchev–Trinajstić information content (AvgIpc) is 2.52. The smallest absolute Gasteiger partial charge is 0.406 e. The van der Waals surface area contributed by atoms with Crippen molar-refractivity contribution in [3.63, 3.8) is 0 Å². The number of nitro groups is 1. The minimum absolute atomic E-state index is 0.146. The molecule has 2 aromatic heterocycles. The van der Waals surface area contributed by atoms with Crippen LogP contribution >= 0.6 is 0 Å². The summed E-state index contributed by atoms with van der Waals surface area (Å²) < 4.78 is 5.52. The largest absolute Gasteiger partial charge is 0.481 e. The van der Waals surface area contributed by atoms with Gasteiger partial charge in [0, 0.05) is 18.3 Å². The van der Waals surface area contributed by atoms with Crippen molar-refractivity contribution in [2.75, 3.05) is 11.9 Å². The van der Waals surface area contributed by atoms with Crippen LogP contribution in [0.15, 0.2) is 36.7 Å². The fourth-order valence-corrected chi connectivity index (χ4v) is 1.75. The van der Waals surface area contributed by atoms with Gasteiger partial charge in [0.25, 0.3) is 0 Å². The second-order valence-corrected chi connectivity index (χ2v) is 4.31. The molecule has 0 spiro atoms. The lowest BCUT2D eigenvalue weighted by atomic mass is 10.2. The van der Waals surface area contributed by atoms with Gasteiger partial charge in [-0.05, 0) is 34.5 Å². The molecule has 21 heavy (non-hydrogen) atoms. The average molecular weight is 288 g/mol. The van der Waals surface area contributed by atoms with E-state index < -0.39 is 4.92 Å². The fraction of sp³-hybridized carbons (Fsp3) is 0.286. The Bertz CT molecular complexity index is 619. The van der Waals surface area contributed by atoms with Crippen LogP contribution in [0.2, 0.25) is 0 Å². The highest BCUT2D eigenvalue weighted by atomic mass is 16.6. The molecular weight excluding hydrogens is 272 g/mol. The number of hydrogen-bond donors (Lipinski definition) is 1. The Morgan fingerprint density at radius 3 is 2.81 bits per heavy atom. The van der Waals surface area contributed by atoms with Crippen LogP contribution in [0, 0.1) is 10.1 Å². The third-order valence-electron chi connectivity index (χ3n) is 2.74. The third-order valence-corrected chi connectivity index (χ3v) is 2.74. The number of rotatable bonds is 7. The minimum atomic E-state index is -0.561. The molecule has 0 fully saturated rings. The zero-order valence-electron chi connectivity index (χ0n) is 11.7. The molecule has 0 aromatic carbocycles. The first kappa shape index (κ1) is 14.7. The SMILES string of the molecule is CCCNc1ncccc1COc1cccnc1[N+](=O)[O-]. The molecule has 0 atom stereocenters. The van der Waals surface area contributed by atoms with E-state index in [2.05, 4.69) is 22.2 Å². The van der Waals surface area contributed by atoms with Crippen LogP contribution in [0.25, 0.3) is 0 Å². The van der Waals surface area contributed by atoms with Crippen molar-refractivity contribution in [2.24, 2.45) is 0 Å². The van der Waals surface area contributed by atoms with E-state index in [1.807, 2.05) is 6.07 Å². The highest BCUT2D eigenvalue weighted by Crippen LogP contribution is 2.24. The molecule has 0 unspecified atom stereocenters. The van der Waals surface area contributed by atoms with Crippen LogP contribution in [-0.2, 0) is 6.61 Å². The first-order valence-corrected chi connectivity index (χ1v) is 6.62. The zero-order valence-corrected chi connectivity index (χ0v) is 11.7. The minimum Gasteiger partial charge on any atom is -0.481 e. The molecule has 110 valence electrons. The van der Waals surface area contributed by atoms with Crippen molar-refractivity contribution in [3.8, 4) is 5.75 Å². The fourth-order valence-electron chi connectivity index (χ4n) is 1.75. The molecule has 0 saturated heterocycles. The summed E-state index contributed by atoms with van der Waals surface area (Å²) in [6, 6.07) is 6.79. The van der Waals surface area contributed by atoms with E-state index in [1.54, 1.807) is 18.3 Å². The predicted octanol–water partition coefficient (Wildman–Crippen LogP) is 2.79. The lowest BCUT2D eigenvalue weighted by Crippen LogP contribution is -2.07. The molecule has 0 aliphatic rings. The van der Waals surface area contributed by atoms with E-state index in [4.69, 9.17) is 4.74 Å². The summed E-state index contributed by atoms with van der Waals surface area (Å²) in [7, 11) is 0. The van der Waals surface area contributed by atoms with E-state index in [0.717, 1.165) is 24.3 Å². The molecule has 0 amide bonds. The summed E-state index contributed by atoms with van der Waals surface area (Å²) >= 11 is 0. The highest BCUT2D eigenvalue weighted by Gasteiger charge is 2.16. The molecule has 0 aliphatic carbocycles. The molecule has 0 aliphatic heterocycles. The van der Waals surface area contributed by atoms with Crippen molar-refractivity contribution in [1.82, 2.24) is 9.97 Å². The van der Waals surface area contributed by atoms with Crippen molar-refractivity contribution in [2.45, 2.75) is 20.0 Å². The Hall–Kier alpha value is -2.70. The molecule has 2 heterocycles. The van der Waals surface area contributed by atoms with Crippen molar-refractivity contribution < 1.29 is 9.66 Å². The van der Waals surface area contributed by atoms with Gasteiger partial charge in [-0.1, -0.05) is 13.0 Å². The molecule has 7 nitrogen and oxygen atoms in total. The Morgan fingerprint density at radius 1 is 1.29 bits per heavy atom. The maximum Gasteiger partial charge on any atom is 0.406 e. The van der Waals surface area contributed by atoms with Crippen LogP contribution < -0.4 is 10.1 Å². The van der Waals surface area contributed by atoms with Gasteiger partial charge < -0.3 is 20.2 Å². The summed E-state index contributed by atoms with van der Waals surface area (Å²) in [5.74, 6) is 0.586. The number of hydrogen-bond acceptors (Lipinski definition) is 6. The maximum atomic E-state index is 10.9. The zero-order chi connectivity index (χ0) is 15.1. The van der Waals surface area contributed by atoms with E-state index in [9.17, 15) is 10.1 Å². The Kier molecular flexibility index (Phi) is 5.03. The Balaban J connectivity index is 2.12. The van der Waals surface area contributed by atoms with E-state index >= 15 is 0 Å². The van der Waals surface area contributed by atoms with Gasteiger partial charge in [0.15, 0.2) is 0 Å². The molecule has 0 bridgehead atoms. The number of anilines is 1. The van der Waals surface area contributed by atoms with Gasteiger partial charge in [-0.2, -0.15) is 0 Å². The summed E-state index contributed by atoms with van der Waals surface area (Å²) in [6.45, 7) is 3.05. The third kappa shape index (κ3) is 3.88. The summed E-state index contributed by atoms with van der Waals surface area (Å²) in [5.41, 5.74) is 0.837. The topological polar surface area (TPSA) is 90.2 Å². The first-order chi connectivity index (χ1) is 10.2. The monoisotopic (exact) mass is 288 g/mol. The van der Waals surface area contributed by atoms with Crippen LogP contribution in [0.1, 0.15) is 18.9 Å². The molecule has 2 aromatic rings. The van der Waals surface area contributed by atoms with Gasteiger partial charge in [0.2, 0.25) is 5.75 Å². The Labute approximate surface area is 122 Å². The standard InChI is InChI=1S/C14H16N4O3/c1-2-7-15-13-11(5-3-8-16-13)10-21-12-6-4-9-17-14(12)18(19)20/h3-6,8-9H,2,7,10H2,1H3,(H,15,16). The number of aromatic nitrogens is 2. The quantitative estimate of drug-likeness (QED) is 0.622. The van der Waals surface area contributed by atoms with Crippen LogP contribution in [0.5, 0.6) is 5.75 Å². The van der Waals surface area contributed by atoms with Crippen LogP contribution in [0.4, 0.5) is 11.6 Å². The van der Waals surface area contributed by atoms with Gasteiger partial charge in [-0.3, -0.25) is 0 Å². The molecule has 2 rings (SSSR count). The van der Waals surface area contributed by atoms with Gasteiger partial charge >= 0.3 is 5.82 Å². The second-order valence-electron chi connectivity index (χ2n) is 4.31. The predicted molar refractivity (Wildman–Crippen MR) is 78.2 cm³/mol. The molecule has 0 radical (unpaired) electrons. The molecule has 1 N–H and O–H groups in total. The van der Waals surface area contributed by atoms with E-state index in [1.165, 1.54) is 12.3 Å². The second kappa shape index (κ2) is 7.18. The summed E-state index contributed by atoms with van der Waals surface area (Å²) in [6.07, 6.45) is 4.03. The van der Waals surface area contributed by atoms with E-state index in [-0.39, 0.29) is 18.2 Å². The highest BCUT2D eigenvalue weighted by molar-refractivity contribution is 5.44. The molecular formula is C14H16N4O3. The number of ether oxygens (including phenoxy) is 1. The van der Waals surface area contributed by atoms with Gasteiger partial charge in [-0.25, -0.2) is 4.98 Å². The lowest BCUT2D eigenvalue weighted by molar-refractivity contribution is -0.390. The van der Waals surface area contributed by atoms with Crippen LogP contribution in [0.3, 0.4) is 0 Å². The van der Waals surface area contributed by atoms with Gasteiger partial charge in [0.05, 0.1) is 0 Å². The lowest BCUT2D eigenvalue weighted by Gasteiger charge is -2.11. The number of pyridine rings is 2. The molecule has 0 saturated carbocycles. The first-order valence-electron chi connectivity index (χ1n) is 6.62. The normalized spacial score (nSPS) is 10.1. The Morgan fingerprint density at radius 2 is 2.05 bits per heavy atom. The van der Waals surface area contributed by atoms with Crippen molar-refractivity contribution in [1.29, 1.82) is 0 Å². The molecule has 7 heteroatoms. The maximum absolute atomic E-state index is 10.9. The van der Waals surface area contributed by atoms with Gasteiger partial charge in [0.1, 0.15) is 18.6 Å². The van der Waals surface area contributed by atoms with Gasteiger partial charge in [-0.15, -0.1) is 0 Å². The van der Waals surface area contributed by atoms with Crippen molar-refractivity contribution in [3.05, 3.63) is 52.3 Å². The summed E-state index contributed by atoms with van der Waals surface area (Å²) in [4.78, 5) is 18.3. The van der Waals surface area contributed by atoms with Crippen molar-refractivity contribution >= 4 is 11.6 Å². The number of nitrogens with zero attached hydrogens (tertiary/aromatic N) is 3. The van der Waals surface area contributed by atoms with E-state index in [0.29, 0.717) is 0 Å². The number of nitrogens with one attached hydrogen (secondary N) is 1. The summed E-state index contributed by atoms with van der Waals surface area (Å²) in [5, 5.41) is 14.1.